The lowest BCUT2D eigenvalue weighted by atomic mass is 9.77. The molecule has 2 unspecified atom stereocenters. The highest BCUT2D eigenvalue weighted by Crippen LogP contribution is 2.49. The van der Waals surface area contributed by atoms with Gasteiger partial charge in [-0.05, 0) is 59.2 Å². The molecule has 0 bridgehead atoms. The van der Waals surface area contributed by atoms with Crippen LogP contribution < -0.4 is 5.32 Å². The molecule has 2 atom stereocenters. The van der Waals surface area contributed by atoms with E-state index in [1.54, 1.807) is 24.5 Å². The molecule has 1 fully saturated rings. The number of amides is 1. The molecule has 3 aromatic heterocycles. The van der Waals surface area contributed by atoms with Crippen LogP contribution in [0.4, 0.5) is 10.2 Å². The number of carbonyl (C=O) groups is 1. The van der Waals surface area contributed by atoms with Gasteiger partial charge in [-0.25, -0.2) is 14.4 Å². The van der Waals surface area contributed by atoms with Crippen LogP contribution in [0.2, 0.25) is 5.02 Å². The van der Waals surface area contributed by atoms with Crippen molar-refractivity contribution in [2.24, 2.45) is 5.92 Å². The highest BCUT2D eigenvalue weighted by molar-refractivity contribution is 6.36. The minimum atomic E-state index is -0.676. The van der Waals surface area contributed by atoms with E-state index in [1.807, 2.05) is 37.5 Å². The predicted molar refractivity (Wildman–Crippen MR) is 191 cm³/mol. The summed E-state index contributed by atoms with van der Waals surface area (Å²) in [6.45, 7) is 1.90. The van der Waals surface area contributed by atoms with Crippen LogP contribution in [0.5, 0.6) is 0 Å². The first-order valence-corrected chi connectivity index (χ1v) is 16.5. The summed E-state index contributed by atoms with van der Waals surface area (Å²) in [6, 6.07) is 36.6. The van der Waals surface area contributed by atoms with Crippen LogP contribution in [0.25, 0.3) is 21.9 Å². The Bertz CT molecular complexity index is 2210. The number of hydrogen-bond acceptors (Lipinski definition) is 4. The van der Waals surface area contributed by atoms with Gasteiger partial charge >= 0.3 is 0 Å². The Morgan fingerprint density at radius 3 is 2.10 bits per heavy atom. The number of benzene rings is 4. The second-order valence-electron chi connectivity index (χ2n) is 12.5. The Balaban J connectivity index is 1.09. The van der Waals surface area contributed by atoms with Gasteiger partial charge in [0.1, 0.15) is 17.2 Å². The van der Waals surface area contributed by atoms with Crippen molar-refractivity contribution in [3.05, 3.63) is 179 Å². The average Bonchev–Trinajstić information content (AvgIpc) is 3.80. The molecular weight excluding hydrogens is 633 g/mol. The van der Waals surface area contributed by atoms with Gasteiger partial charge in [-0.1, -0.05) is 103 Å². The zero-order chi connectivity index (χ0) is 33.5. The zero-order valence-electron chi connectivity index (χ0n) is 26.6. The van der Waals surface area contributed by atoms with E-state index in [9.17, 15) is 4.79 Å². The van der Waals surface area contributed by atoms with Crippen LogP contribution in [0.3, 0.4) is 0 Å². The molecule has 1 saturated carbocycles. The van der Waals surface area contributed by atoms with E-state index >= 15 is 4.39 Å². The van der Waals surface area contributed by atoms with Gasteiger partial charge in [0.15, 0.2) is 0 Å². The van der Waals surface area contributed by atoms with Crippen molar-refractivity contribution in [3.8, 4) is 11.1 Å². The standard InChI is InChI=1S/C41H31ClFN5O/c1-26-17-18-44-22-34(26)32-19-27-20-37(45-23-35(27)38(42)39(32)43)47-40(49)33-21-31(33)36-24-48(25-46-36)41(28-11-5-2-6-12-28,29-13-7-3-8-14-29)30-15-9-4-10-16-30/h2-20,22-25,31,33H,21H2,1H3,(H,45,47,49). The number of fused-ring (bicyclic) bond motifs is 1. The maximum absolute atomic E-state index is 15.3. The summed E-state index contributed by atoms with van der Waals surface area (Å²) in [4.78, 5) is 27.0. The number of rotatable bonds is 8. The van der Waals surface area contributed by atoms with Crippen LogP contribution in [0.15, 0.2) is 140 Å². The lowest BCUT2D eigenvalue weighted by molar-refractivity contribution is -0.117. The van der Waals surface area contributed by atoms with Crippen molar-refractivity contribution in [3.63, 3.8) is 0 Å². The maximum atomic E-state index is 15.3. The summed E-state index contributed by atoms with van der Waals surface area (Å²) >= 11 is 6.46. The van der Waals surface area contributed by atoms with E-state index in [-0.39, 0.29) is 22.8 Å². The summed E-state index contributed by atoms with van der Waals surface area (Å²) in [5, 5.41) is 4.10. The first kappa shape index (κ1) is 30.7. The number of aromatic nitrogens is 4. The van der Waals surface area contributed by atoms with Gasteiger partial charge in [0.05, 0.1) is 17.0 Å². The monoisotopic (exact) mass is 663 g/mol. The Labute approximate surface area is 288 Å². The first-order chi connectivity index (χ1) is 23.9. The first-order valence-electron chi connectivity index (χ1n) is 16.2. The lowest BCUT2D eigenvalue weighted by Crippen LogP contribution is -2.36. The molecule has 240 valence electrons. The third-order valence-electron chi connectivity index (χ3n) is 9.55. The molecule has 0 spiro atoms. The topological polar surface area (TPSA) is 72.7 Å². The highest BCUT2D eigenvalue weighted by atomic mass is 35.5. The zero-order valence-corrected chi connectivity index (χ0v) is 27.3. The molecule has 49 heavy (non-hydrogen) atoms. The third-order valence-corrected chi connectivity index (χ3v) is 9.92. The number of carbonyl (C=O) groups excluding carboxylic acids is 1. The molecule has 1 aliphatic carbocycles. The Morgan fingerprint density at radius 1 is 0.857 bits per heavy atom. The summed E-state index contributed by atoms with van der Waals surface area (Å²) < 4.78 is 17.5. The van der Waals surface area contributed by atoms with Crippen molar-refractivity contribution < 1.29 is 9.18 Å². The van der Waals surface area contributed by atoms with Gasteiger partial charge < -0.3 is 9.88 Å². The summed E-state index contributed by atoms with van der Waals surface area (Å²) in [6.07, 6.45) is 9.42. The molecule has 1 amide bonds. The summed E-state index contributed by atoms with van der Waals surface area (Å²) in [5.41, 5.74) is 5.37. The Kier molecular flexibility index (Phi) is 7.77. The molecule has 0 saturated heterocycles. The molecule has 1 N–H and O–H groups in total. The molecule has 4 aromatic carbocycles. The number of halogens is 2. The SMILES string of the molecule is Cc1ccncc1-c1cc2cc(NC(=O)C3CC3c3cn(C(c4ccccc4)(c4ccccc4)c4ccccc4)cn3)ncc2c(Cl)c1F. The predicted octanol–water partition coefficient (Wildman–Crippen LogP) is 9.18. The molecular formula is C41H31ClFN5O. The van der Waals surface area contributed by atoms with E-state index in [4.69, 9.17) is 16.6 Å². The van der Waals surface area contributed by atoms with E-state index in [1.165, 1.54) is 6.20 Å². The molecule has 3 heterocycles. The van der Waals surface area contributed by atoms with E-state index in [2.05, 4.69) is 98.8 Å². The second kappa shape index (κ2) is 12.4. The second-order valence-corrected chi connectivity index (χ2v) is 12.9. The number of pyridine rings is 2. The van der Waals surface area contributed by atoms with Crippen molar-refractivity contribution in [2.45, 2.75) is 24.8 Å². The van der Waals surface area contributed by atoms with E-state index in [0.29, 0.717) is 34.1 Å². The number of nitrogens with one attached hydrogen (secondary N) is 1. The van der Waals surface area contributed by atoms with Crippen LogP contribution in [0, 0.1) is 18.7 Å². The van der Waals surface area contributed by atoms with Crippen molar-refractivity contribution in [1.82, 2.24) is 19.5 Å². The lowest BCUT2D eigenvalue weighted by Gasteiger charge is -2.37. The fourth-order valence-corrected chi connectivity index (χ4v) is 7.23. The highest BCUT2D eigenvalue weighted by Gasteiger charge is 2.47. The normalized spacial score (nSPS) is 15.7. The van der Waals surface area contributed by atoms with Crippen LogP contribution in [-0.2, 0) is 10.3 Å². The Morgan fingerprint density at radius 2 is 1.49 bits per heavy atom. The molecule has 0 aliphatic heterocycles. The minimum Gasteiger partial charge on any atom is -0.319 e. The molecule has 8 heteroatoms. The largest absolute Gasteiger partial charge is 0.319 e. The molecule has 8 rings (SSSR count). The molecule has 7 aromatic rings. The van der Waals surface area contributed by atoms with Gasteiger partial charge in [0, 0.05) is 53.1 Å². The fourth-order valence-electron chi connectivity index (χ4n) is 6.97. The number of nitrogens with zero attached hydrogens (tertiary/aromatic N) is 4. The smallest absolute Gasteiger partial charge is 0.229 e. The van der Waals surface area contributed by atoms with Gasteiger partial charge in [-0.3, -0.25) is 9.78 Å². The maximum Gasteiger partial charge on any atom is 0.229 e. The van der Waals surface area contributed by atoms with Crippen molar-refractivity contribution in [1.29, 1.82) is 0 Å². The summed E-state index contributed by atoms with van der Waals surface area (Å²) in [5.74, 6) is -0.582. The number of hydrogen-bond donors (Lipinski definition) is 1. The number of imidazole rings is 1. The quantitative estimate of drug-likeness (QED) is 0.165. The number of anilines is 1. The van der Waals surface area contributed by atoms with E-state index in [0.717, 1.165) is 27.9 Å². The summed E-state index contributed by atoms with van der Waals surface area (Å²) in [7, 11) is 0. The average molecular weight is 664 g/mol. The molecule has 6 nitrogen and oxygen atoms in total. The van der Waals surface area contributed by atoms with Crippen LogP contribution >= 0.6 is 11.6 Å². The third kappa shape index (κ3) is 5.36. The van der Waals surface area contributed by atoms with Gasteiger partial charge in [0.2, 0.25) is 5.91 Å². The van der Waals surface area contributed by atoms with Crippen molar-refractivity contribution >= 4 is 34.1 Å². The van der Waals surface area contributed by atoms with Gasteiger partial charge in [-0.15, -0.1) is 0 Å². The van der Waals surface area contributed by atoms with Crippen LogP contribution in [-0.4, -0.2) is 25.4 Å². The minimum absolute atomic E-state index is 0.0171. The van der Waals surface area contributed by atoms with Crippen LogP contribution in [0.1, 0.15) is 40.3 Å². The Hall–Kier alpha value is -5.66. The van der Waals surface area contributed by atoms with Gasteiger partial charge in [0.25, 0.3) is 0 Å². The van der Waals surface area contributed by atoms with Gasteiger partial charge in [-0.2, -0.15) is 0 Å². The number of aryl methyl sites for hydroxylation is 1. The van der Waals surface area contributed by atoms with E-state index < -0.39 is 11.4 Å². The molecule has 1 aliphatic rings. The fraction of sp³-hybridized carbons (Fsp3) is 0.122. The van der Waals surface area contributed by atoms with Crippen molar-refractivity contribution in [2.75, 3.05) is 5.32 Å². The molecule has 0 radical (unpaired) electrons.